The highest BCUT2D eigenvalue weighted by molar-refractivity contribution is 5.85. The van der Waals surface area contributed by atoms with E-state index in [9.17, 15) is 9.59 Å². The van der Waals surface area contributed by atoms with Crippen LogP contribution in [0.2, 0.25) is 0 Å². The standard InChI is InChI=1S/C14H18N2O4/c1-2-20-14(19)9-6-7-10(8-9)15-12-5-3-4-11(16-12)13(17)18/h3-5,9-10H,2,6-8H2,1H3,(H,15,16)(H,17,18)/t9-,10+/m1/s1. The van der Waals surface area contributed by atoms with Crippen LogP contribution in [0.5, 0.6) is 0 Å². The molecule has 1 fully saturated rings. The van der Waals surface area contributed by atoms with Gasteiger partial charge in [-0.05, 0) is 38.3 Å². The second kappa shape index (κ2) is 6.36. The van der Waals surface area contributed by atoms with Crippen molar-refractivity contribution in [3.05, 3.63) is 23.9 Å². The number of nitrogens with one attached hydrogen (secondary N) is 1. The van der Waals surface area contributed by atoms with Crippen LogP contribution in [0.1, 0.15) is 36.7 Å². The van der Waals surface area contributed by atoms with Gasteiger partial charge in [-0.15, -0.1) is 0 Å². The number of carboxylic acids is 1. The number of hydrogen-bond acceptors (Lipinski definition) is 5. The minimum Gasteiger partial charge on any atom is -0.477 e. The van der Waals surface area contributed by atoms with Crippen molar-refractivity contribution in [3.8, 4) is 0 Å². The maximum absolute atomic E-state index is 11.6. The van der Waals surface area contributed by atoms with Gasteiger partial charge in [0, 0.05) is 6.04 Å². The lowest BCUT2D eigenvalue weighted by molar-refractivity contribution is -0.147. The van der Waals surface area contributed by atoms with Gasteiger partial charge in [-0.25, -0.2) is 9.78 Å². The van der Waals surface area contributed by atoms with Crippen molar-refractivity contribution in [2.45, 2.75) is 32.2 Å². The summed E-state index contributed by atoms with van der Waals surface area (Å²) < 4.78 is 5.01. The molecule has 2 N–H and O–H groups in total. The summed E-state index contributed by atoms with van der Waals surface area (Å²) >= 11 is 0. The van der Waals surface area contributed by atoms with E-state index in [4.69, 9.17) is 9.84 Å². The number of anilines is 1. The van der Waals surface area contributed by atoms with Gasteiger partial charge in [-0.3, -0.25) is 4.79 Å². The molecular formula is C14H18N2O4. The number of carboxylic acid groups (broad SMARTS) is 1. The third-order valence-electron chi connectivity index (χ3n) is 3.37. The normalized spacial score (nSPS) is 21.4. The number of nitrogens with zero attached hydrogens (tertiary/aromatic N) is 1. The van der Waals surface area contributed by atoms with Gasteiger partial charge in [-0.1, -0.05) is 6.07 Å². The molecule has 0 saturated heterocycles. The molecule has 0 aromatic carbocycles. The predicted molar refractivity (Wildman–Crippen MR) is 72.6 cm³/mol. The van der Waals surface area contributed by atoms with Crippen molar-refractivity contribution in [2.75, 3.05) is 11.9 Å². The summed E-state index contributed by atoms with van der Waals surface area (Å²) in [6.07, 6.45) is 2.33. The first-order chi connectivity index (χ1) is 9.60. The number of esters is 1. The van der Waals surface area contributed by atoms with E-state index in [-0.39, 0.29) is 23.6 Å². The quantitative estimate of drug-likeness (QED) is 0.800. The Hall–Kier alpha value is -2.11. The Morgan fingerprint density at radius 1 is 1.45 bits per heavy atom. The van der Waals surface area contributed by atoms with Crippen LogP contribution in [0.4, 0.5) is 5.82 Å². The van der Waals surface area contributed by atoms with Crippen molar-refractivity contribution in [1.82, 2.24) is 4.98 Å². The molecule has 1 aliphatic carbocycles. The lowest BCUT2D eigenvalue weighted by atomic mass is 10.1. The van der Waals surface area contributed by atoms with Crippen LogP contribution in [0, 0.1) is 5.92 Å². The van der Waals surface area contributed by atoms with Gasteiger partial charge in [-0.2, -0.15) is 0 Å². The number of rotatable bonds is 5. The summed E-state index contributed by atoms with van der Waals surface area (Å²) in [7, 11) is 0. The molecule has 0 amide bonds. The van der Waals surface area contributed by atoms with Gasteiger partial charge in [0.15, 0.2) is 5.69 Å². The average molecular weight is 278 g/mol. The summed E-state index contributed by atoms with van der Waals surface area (Å²) in [6.45, 7) is 2.19. The lowest BCUT2D eigenvalue weighted by Gasteiger charge is -2.13. The molecular weight excluding hydrogens is 260 g/mol. The van der Waals surface area contributed by atoms with Gasteiger partial charge in [0.2, 0.25) is 0 Å². The molecule has 0 unspecified atom stereocenters. The van der Waals surface area contributed by atoms with Crippen molar-refractivity contribution in [2.24, 2.45) is 5.92 Å². The molecule has 1 saturated carbocycles. The van der Waals surface area contributed by atoms with Crippen LogP contribution in [0.25, 0.3) is 0 Å². The first-order valence-electron chi connectivity index (χ1n) is 6.73. The zero-order chi connectivity index (χ0) is 14.5. The summed E-state index contributed by atoms with van der Waals surface area (Å²) in [4.78, 5) is 26.5. The van der Waals surface area contributed by atoms with Crippen molar-refractivity contribution < 1.29 is 19.4 Å². The van der Waals surface area contributed by atoms with Crippen LogP contribution in [-0.4, -0.2) is 34.7 Å². The second-order valence-corrected chi connectivity index (χ2v) is 4.82. The molecule has 0 radical (unpaired) electrons. The number of aromatic nitrogens is 1. The topological polar surface area (TPSA) is 88.5 Å². The minimum atomic E-state index is -1.05. The summed E-state index contributed by atoms with van der Waals surface area (Å²) in [6, 6.07) is 4.95. The van der Waals surface area contributed by atoms with Gasteiger partial charge in [0.05, 0.1) is 12.5 Å². The van der Waals surface area contributed by atoms with E-state index in [0.717, 1.165) is 12.8 Å². The van der Waals surface area contributed by atoms with E-state index in [1.54, 1.807) is 19.1 Å². The Morgan fingerprint density at radius 3 is 2.95 bits per heavy atom. The Bertz CT molecular complexity index is 504. The highest BCUT2D eigenvalue weighted by atomic mass is 16.5. The minimum absolute atomic E-state index is 0.00920. The molecule has 0 aliphatic heterocycles. The Morgan fingerprint density at radius 2 is 2.25 bits per heavy atom. The van der Waals surface area contributed by atoms with E-state index in [2.05, 4.69) is 10.3 Å². The first-order valence-corrected chi connectivity index (χ1v) is 6.73. The number of carbonyl (C=O) groups excluding carboxylic acids is 1. The van der Waals surface area contributed by atoms with E-state index in [1.807, 2.05) is 0 Å². The third-order valence-corrected chi connectivity index (χ3v) is 3.37. The van der Waals surface area contributed by atoms with Crippen LogP contribution in [0.15, 0.2) is 18.2 Å². The number of hydrogen-bond donors (Lipinski definition) is 2. The molecule has 6 heteroatoms. The van der Waals surface area contributed by atoms with Crippen LogP contribution < -0.4 is 5.32 Å². The smallest absolute Gasteiger partial charge is 0.354 e. The molecule has 1 aromatic heterocycles. The van der Waals surface area contributed by atoms with Crippen LogP contribution >= 0.6 is 0 Å². The van der Waals surface area contributed by atoms with Crippen molar-refractivity contribution >= 4 is 17.8 Å². The zero-order valence-corrected chi connectivity index (χ0v) is 11.3. The molecule has 0 bridgehead atoms. The SMILES string of the molecule is CCOC(=O)[C@@H]1CC[C@H](Nc2cccc(C(=O)O)n2)C1. The Balaban J connectivity index is 1.93. The molecule has 0 spiro atoms. The highest BCUT2D eigenvalue weighted by Gasteiger charge is 2.31. The Labute approximate surface area is 117 Å². The molecule has 20 heavy (non-hydrogen) atoms. The molecule has 1 aliphatic rings. The number of carbonyl (C=O) groups is 2. The Kier molecular flexibility index (Phi) is 4.55. The van der Waals surface area contributed by atoms with E-state index < -0.39 is 5.97 Å². The summed E-state index contributed by atoms with van der Waals surface area (Å²) in [5, 5.41) is 12.1. The fourth-order valence-electron chi connectivity index (χ4n) is 2.43. The lowest BCUT2D eigenvalue weighted by Crippen LogP contribution is -2.20. The number of pyridine rings is 1. The van der Waals surface area contributed by atoms with E-state index in [1.165, 1.54) is 6.07 Å². The average Bonchev–Trinajstić information content (AvgIpc) is 2.88. The van der Waals surface area contributed by atoms with Gasteiger partial charge < -0.3 is 15.2 Å². The summed E-state index contributed by atoms with van der Waals surface area (Å²) in [5.41, 5.74) is 0.00920. The maximum Gasteiger partial charge on any atom is 0.354 e. The maximum atomic E-state index is 11.6. The second-order valence-electron chi connectivity index (χ2n) is 4.82. The van der Waals surface area contributed by atoms with Crippen LogP contribution in [0.3, 0.4) is 0 Å². The molecule has 6 nitrogen and oxygen atoms in total. The fourth-order valence-corrected chi connectivity index (χ4v) is 2.43. The fraction of sp³-hybridized carbons (Fsp3) is 0.500. The molecule has 1 heterocycles. The molecule has 108 valence electrons. The predicted octanol–water partition coefficient (Wildman–Crippen LogP) is 1.92. The van der Waals surface area contributed by atoms with Gasteiger partial charge in [0.25, 0.3) is 0 Å². The monoisotopic (exact) mass is 278 g/mol. The van der Waals surface area contributed by atoms with E-state index in [0.29, 0.717) is 18.8 Å². The summed E-state index contributed by atoms with van der Waals surface area (Å²) in [5.74, 6) is -0.747. The number of ether oxygens (including phenoxy) is 1. The highest BCUT2D eigenvalue weighted by Crippen LogP contribution is 2.28. The van der Waals surface area contributed by atoms with Crippen LogP contribution in [-0.2, 0) is 9.53 Å². The van der Waals surface area contributed by atoms with Crippen molar-refractivity contribution in [3.63, 3.8) is 0 Å². The third kappa shape index (κ3) is 3.46. The number of aromatic carboxylic acids is 1. The molecule has 2 rings (SSSR count). The largest absolute Gasteiger partial charge is 0.477 e. The van der Waals surface area contributed by atoms with Crippen molar-refractivity contribution in [1.29, 1.82) is 0 Å². The molecule has 1 aromatic rings. The van der Waals surface area contributed by atoms with Gasteiger partial charge >= 0.3 is 11.9 Å². The first kappa shape index (κ1) is 14.3. The van der Waals surface area contributed by atoms with Gasteiger partial charge in [0.1, 0.15) is 5.82 Å². The van der Waals surface area contributed by atoms with E-state index >= 15 is 0 Å². The zero-order valence-electron chi connectivity index (χ0n) is 11.3. The molecule has 2 atom stereocenters.